The molecule has 0 aromatic heterocycles. The minimum atomic E-state index is -0.447. The Morgan fingerprint density at radius 2 is 1.79 bits per heavy atom. The monoisotopic (exact) mass is 522 g/mol. The van der Waals surface area contributed by atoms with Crippen molar-refractivity contribution in [3.8, 4) is 11.8 Å². The van der Waals surface area contributed by atoms with Crippen molar-refractivity contribution in [3.63, 3.8) is 0 Å². The SMILES string of the molecule is N#Cc1ccccc1CN1C(=O)S/C(=C\c2cc(Br)ccc2OCc2ccccc2F)C1=O. The average Bonchev–Trinajstić information content (AvgIpc) is 3.07. The van der Waals surface area contributed by atoms with Crippen molar-refractivity contribution in [1.82, 2.24) is 4.90 Å². The zero-order valence-corrected chi connectivity index (χ0v) is 19.5. The third-order valence-electron chi connectivity index (χ3n) is 4.94. The molecule has 33 heavy (non-hydrogen) atoms. The van der Waals surface area contributed by atoms with E-state index in [0.717, 1.165) is 21.1 Å². The summed E-state index contributed by atoms with van der Waals surface area (Å²) in [4.78, 5) is 26.9. The first kappa shape index (κ1) is 22.8. The maximum absolute atomic E-state index is 13.9. The largest absolute Gasteiger partial charge is 0.488 e. The quantitative estimate of drug-likeness (QED) is 0.356. The number of ether oxygens (including phenoxy) is 1. The van der Waals surface area contributed by atoms with Crippen LogP contribution in [0.25, 0.3) is 6.08 Å². The molecule has 0 saturated carbocycles. The van der Waals surface area contributed by atoms with Crippen molar-refractivity contribution < 1.29 is 18.7 Å². The molecule has 0 N–H and O–H groups in total. The molecule has 1 aliphatic rings. The van der Waals surface area contributed by atoms with E-state index in [9.17, 15) is 19.2 Å². The van der Waals surface area contributed by atoms with E-state index in [-0.39, 0.29) is 23.9 Å². The third kappa shape index (κ3) is 5.16. The van der Waals surface area contributed by atoms with Crippen molar-refractivity contribution in [2.45, 2.75) is 13.2 Å². The lowest BCUT2D eigenvalue weighted by atomic mass is 10.1. The normalized spacial score (nSPS) is 14.6. The zero-order chi connectivity index (χ0) is 23.4. The number of rotatable bonds is 6. The number of nitrogens with zero attached hydrogens (tertiary/aromatic N) is 2. The van der Waals surface area contributed by atoms with Gasteiger partial charge in [0.15, 0.2) is 0 Å². The minimum absolute atomic E-state index is 0.0147. The van der Waals surface area contributed by atoms with Gasteiger partial charge in [0.2, 0.25) is 0 Å². The fourth-order valence-corrected chi connectivity index (χ4v) is 4.46. The van der Waals surface area contributed by atoms with Gasteiger partial charge in [-0.05, 0) is 53.7 Å². The smallest absolute Gasteiger partial charge is 0.293 e. The van der Waals surface area contributed by atoms with Crippen LogP contribution in [0.5, 0.6) is 5.75 Å². The molecule has 164 valence electrons. The second-order valence-electron chi connectivity index (χ2n) is 7.10. The molecule has 0 atom stereocenters. The Bertz CT molecular complexity index is 1320. The Hall–Kier alpha value is -3.41. The molecule has 2 amide bonds. The Morgan fingerprint density at radius 1 is 1.06 bits per heavy atom. The van der Waals surface area contributed by atoms with Crippen LogP contribution in [0, 0.1) is 17.1 Å². The fraction of sp³-hybridized carbons (Fsp3) is 0.0800. The fourth-order valence-electron chi connectivity index (χ4n) is 3.25. The van der Waals surface area contributed by atoms with Crippen molar-refractivity contribution in [1.29, 1.82) is 5.26 Å². The van der Waals surface area contributed by atoms with Crippen LogP contribution in [0.15, 0.2) is 76.1 Å². The molecule has 8 heteroatoms. The Labute approximate surface area is 202 Å². The van der Waals surface area contributed by atoms with Crippen molar-refractivity contribution in [2.24, 2.45) is 0 Å². The van der Waals surface area contributed by atoms with Gasteiger partial charge in [-0.1, -0.05) is 52.3 Å². The molecule has 1 fully saturated rings. The predicted octanol–water partition coefficient (Wildman–Crippen LogP) is 6.28. The molecule has 0 spiro atoms. The lowest BCUT2D eigenvalue weighted by Gasteiger charge is -2.13. The van der Waals surface area contributed by atoms with E-state index < -0.39 is 11.1 Å². The molecular weight excluding hydrogens is 507 g/mol. The van der Waals surface area contributed by atoms with Gasteiger partial charge in [-0.25, -0.2) is 4.39 Å². The number of nitriles is 1. The summed E-state index contributed by atoms with van der Waals surface area (Å²) >= 11 is 4.23. The van der Waals surface area contributed by atoms with E-state index in [1.807, 2.05) is 0 Å². The second-order valence-corrected chi connectivity index (χ2v) is 9.01. The van der Waals surface area contributed by atoms with E-state index in [4.69, 9.17) is 4.74 Å². The Balaban J connectivity index is 1.58. The second kappa shape index (κ2) is 10.0. The van der Waals surface area contributed by atoms with Crippen LogP contribution in [-0.4, -0.2) is 16.0 Å². The summed E-state index contributed by atoms with van der Waals surface area (Å²) in [6, 6.07) is 20.5. The maximum atomic E-state index is 13.9. The van der Waals surface area contributed by atoms with E-state index in [0.29, 0.717) is 28.0 Å². The molecule has 4 rings (SSSR count). The molecule has 0 unspecified atom stereocenters. The molecular formula is C25H16BrFN2O3S. The van der Waals surface area contributed by atoms with Gasteiger partial charge in [-0.15, -0.1) is 0 Å². The average molecular weight is 523 g/mol. The topological polar surface area (TPSA) is 70.4 Å². The number of carbonyl (C=O) groups excluding carboxylic acids is 2. The number of halogens is 2. The number of thioether (sulfide) groups is 1. The molecule has 3 aromatic rings. The van der Waals surface area contributed by atoms with E-state index in [2.05, 4.69) is 22.0 Å². The van der Waals surface area contributed by atoms with Gasteiger partial charge in [-0.3, -0.25) is 14.5 Å². The summed E-state index contributed by atoms with van der Waals surface area (Å²) in [5.74, 6) is -0.365. The van der Waals surface area contributed by atoms with Gasteiger partial charge in [0.05, 0.1) is 23.1 Å². The predicted molar refractivity (Wildman–Crippen MR) is 128 cm³/mol. The van der Waals surface area contributed by atoms with Crippen LogP contribution in [0.3, 0.4) is 0 Å². The van der Waals surface area contributed by atoms with Gasteiger partial charge >= 0.3 is 0 Å². The summed E-state index contributed by atoms with van der Waals surface area (Å²) in [5.41, 5.74) is 1.99. The first-order valence-corrected chi connectivity index (χ1v) is 11.5. The van der Waals surface area contributed by atoms with Crippen LogP contribution in [0.1, 0.15) is 22.3 Å². The highest BCUT2D eigenvalue weighted by molar-refractivity contribution is 9.10. The van der Waals surface area contributed by atoms with Gasteiger partial charge in [0.25, 0.3) is 11.1 Å². The molecule has 5 nitrogen and oxygen atoms in total. The lowest BCUT2D eigenvalue weighted by molar-refractivity contribution is -0.123. The third-order valence-corrected chi connectivity index (χ3v) is 6.34. The van der Waals surface area contributed by atoms with Crippen LogP contribution in [0.4, 0.5) is 9.18 Å². The molecule has 0 bridgehead atoms. The molecule has 3 aromatic carbocycles. The highest BCUT2D eigenvalue weighted by Gasteiger charge is 2.35. The van der Waals surface area contributed by atoms with Gasteiger partial charge in [0, 0.05) is 15.6 Å². The number of benzene rings is 3. The summed E-state index contributed by atoms with van der Waals surface area (Å²) < 4.78 is 20.5. The maximum Gasteiger partial charge on any atom is 0.293 e. The van der Waals surface area contributed by atoms with Crippen LogP contribution < -0.4 is 4.74 Å². The molecule has 1 aliphatic heterocycles. The van der Waals surface area contributed by atoms with Crippen LogP contribution in [-0.2, 0) is 17.9 Å². The van der Waals surface area contributed by atoms with Crippen molar-refractivity contribution in [2.75, 3.05) is 0 Å². The first-order valence-electron chi connectivity index (χ1n) is 9.85. The number of hydrogen-bond acceptors (Lipinski definition) is 5. The van der Waals surface area contributed by atoms with Crippen molar-refractivity contribution >= 4 is 44.9 Å². The van der Waals surface area contributed by atoms with Gasteiger partial charge < -0.3 is 4.74 Å². The van der Waals surface area contributed by atoms with E-state index >= 15 is 0 Å². The van der Waals surface area contributed by atoms with Crippen LogP contribution >= 0.6 is 27.7 Å². The highest BCUT2D eigenvalue weighted by Crippen LogP contribution is 2.36. The van der Waals surface area contributed by atoms with E-state index in [1.165, 1.54) is 6.07 Å². The van der Waals surface area contributed by atoms with E-state index in [1.54, 1.807) is 66.7 Å². The molecule has 1 saturated heterocycles. The number of carbonyl (C=O) groups is 2. The summed E-state index contributed by atoms with van der Waals surface area (Å²) in [6.07, 6.45) is 1.59. The van der Waals surface area contributed by atoms with Gasteiger partial charge in [-0.2, -0.15) is 5.26 Å². The van der Waals surface area contributed by atoms with Crippen molar-refractivity contribution in [3.05, 3.63) is 104 Å². The minimum Gasteiger partial charge on any atom is -0.488 e. The van der Waals surface area contributed by atoms with Crippen LogP contribution in [0.2, 0.25) is 0 Å². The first-order chi connectivity index (χ1) is 16.0. The highest BCUT2D eigenvalue weighted by atomic mass is 79.9. The number of hydrogen-bond donors (Lipinski definition) is 0. The number of imide groups is 1. The Kier molecular flexibility index (Phi) is 6.92. The standard InChI is InChI=1S/C25H16BrFN2O3S/c26-20-9-10-22(32-15-18-7-3-4-8-21(18)27)19(11-20)12-23-24(30)29(25(31)33-23)14-17-6-2-1-5-16(17)13-28/h1-12H,14-15H2/b23-12-. The van der Waals surface area contributed by atoms with Gasteiger partial charge in [0.1, 0.15) is 18.2 Å². The Morgan fingerprint density at radius 3 is 2.55 bits per heavy atom. The molecule has 0 radical (unpaired) electrons. The summed E-state index contributed by atoms with van der Waals surface area (Å²) in [6.45, 7) is 0.0302. The molecule has 0 aliphatic carbocycles. The zero-order valence-electron chi connectivity index (χ0n) is 17.1. The summed E-state index contributed by atoms with van der Waals surface area (Å²) in [7, 11) is 0. The summed E-state index contributed by atoms with van der Waals surface area (Å²) in [5, 5.41) is 8.87. The lowest BCUT2D eigenvalue weighted by Crippen LogP contribution is -2.27. The number of amides is 2. The molecule has 1 heterocycles.